The Morgan fingerprint density at radius 3 is 1.56 bits per heavy atom. The number of aliphatic hydroxyl groups is 3. The summed E-state index contributed by atoms with van der Waals surface area (Å²) in [5.74, 6) is 0. The van der Waals surface area contributed by atoms with Crippen LogP contribution in [0.5, 0.6) is 0 Å². The molecule has 3 N–H and O–H groups in total. The van der Waals surface area contributed by atoms with Gasteiger partial charge in [-0.2, -0.15) is 0 Å². The van der Waals surface area contributed by atoms with E-state index in [9.17, 15) is 0 Å². The van der Waals surface area contributed by atoms with Gasteiger partial charge in [0.15, 0.2) is 0 Å². The van der Waals surface area contributed by atoms with Crippen LogP contribution in [0.3, 0.4) is 0 Å². The summed E-state index contributed by atoms with van der Waals surface area (Å²) in [6.07, 6.45) is 0. The predicted octanol–water partition coefficient (Wildman–Crippen LogP) is -0.946. The Kier molecular flexibility index (Phi) is 11.8. The molecule has 0 aliphatic heterocycles. The smallest absolute Gasteiger partial charge is 0.0558 e. The maximum Gasteiger partial charge on any atom is 0.0558 e. The molecule has 0 unspecified atom stereocenters. The molecule has 0 aliphatic rings. The molecular weight excluding hydrogens is 337 g/mol. The fourth-order valence-electron chi connectivity index (χ4n) is 1.31. The number of aliphatic hydroxyl groups excluding tert-OH is 3. The van der Waals surface area contributed by atoms with Gasteiger partial charge in [-0.15, -0.1) is 0 Å². The molecule has 0 atom stereocenters. The van der Waals surface area contributed by atoms with E-state index in [4.69, 9.17) is 15.3 Å². The number of hydrogen-bond donors (Lipinski definition) is 3. The van der Waals surface area contributed by atoms with Gasteiger partial charge in [-0.25, -0.2) is 0 Å². The summed E-state index contributed by atoms with van der Waals surface area (Å²) in [4.78, 5) is 1.79. The van der Waals surface area contributed by atoms with Crippen LogP contribution in [-0.4, -0.2) is 82.2 Å². The van der Waals surface area contributed by atoms with Gasteiger partial charge in [-0.05, 0) is 0 Å². The Hall–Kier alpha value is -0.141. The molecule has 0 bridgehead atoms. The summed E-state index contributed by atoms with van der Waals surface area (Å²) in [5, 5.41) is 25.5. The molecule has 1 aromatic carbocycles. The van der Waals surface area contributed by atoms with Crippen molar-refractivity contribution in [2.75, 3.05) is 39.5 Å². The molecule has 0 amide bonds. The minimum Gasteiger partial charge on any atom is -0.395 e. The zero-order valence-electron chi connectivity index (χ0n) is 10.8. The summed E-state index contributed by atoms with van der Waals surface area (Å²) < 4.78 is 1.42. The zero-order valence-corrected chi connectivity index (χ0v) is 13.7. The third-order valence-electron chi connectivity index (χ3n) is 2.30. The topological polar surface area (TPSA) is 63.9 Å². The monoisotopic (exact) mass is 360 g/mol. The number of hydrogen-bond acceptors (Lipinski definition) is 4. The summed E-state index contributed by atoms with van der Waals surface area (Å²) in [5.41, 5.74) is 1.34. The maximum atomic E-state index is 8.48. The summed E-state index contributed by atoms with van der Waals surface area (Å²) in [6, 6.07) is 8.61. The molecule has 0 saturated heterocycles. The minimum absolute atomic E-state index is 0.0694. The molecule has 1 rings (SSSR count). The largest absolute Gasteiger partial charge is 0.395 e. The Labute approximate surface area is 122 Å². The first-order valence-corrected chi connectivity index (χ1v) is 7.40. The molecule has 0 fully saturated rings. The van der Waals surface area contributed by atoms with Crippen LogP contribution in [0.1, 0.15) is 5.56 Å². The van der Waals surface area contributed by atoms with Crippen LogP contribution in [0.25, 0.3) is 0 Å². The number of benzene rings is 1. The molecule has 0 saturated carbocycles. The molecule has 101 valence electrons. The van der Waals surface area contributed by atoms with E-state index in [0.717, 1.165) is 0 Å². The van der Waals surface area contributed by atoms with Gasteiger partial charge >= 0.3 is 62.9 Å². The van der Waals surface area contributed by atoms with Gasteiger partial charge < -0.3 is 15.3 Å². The van der Waals surface area contributed by atoms with Crippen molar-refractivity contribution < 1.29 is 15.3 Å². The number of rotatable bonds is 6. The van der Waals surface area contributed by atoms with Crippen LogP contribution in [0.4, 0.5) is 0 Å². The molecule has 0 spiro atoms. The molecule has 0 aromatic heterocycles. The van der Waals surface area contributed by atoms with Crippen LogP contribution >= 0.6 is 0 Å². The Morgan fingerprint density at radius 2 is 1.28 bits per heavy atom. The zero-order chi connectivity index (χ0) is 13.8. The van der Waals surface area contributed by atoms with Gasteiger partial charge in [0.25, 0.3) is 0 Å². The van der Waals surface area contributed by atoms with E-state index in [-0.39, 0.29) is 19.8 Å². The van der Waals surface area contributed by atoms with E-state index >= 15 is 0 Å². The number of nitrogens with zero attached hydrogens (tertiary/aromatic N) is 1. The standard InChI is InChI=1S/C7H7.C6H15NO3.Sn/c1-7-5-3-2-4-6-7;8-4-1-7(2-5-9)3-6-10;/h3-6H,1H3;8-10H,1-6H2;. The van der Waals surface area contributed by atoms with E-state index in [2.05, 4.69) is 31.2 Å². The first kappa shape index (κ1) is 17.9. The fourth-order valence-corrected chi connectivity index (χ4v) is 1.79. The second-order valence-corrected chi connectivity index (χ2v) is 5.53. The van der Waals surface area contributed by atoms with Crippen molar-refractivity contribution in [3.8, 4) is 0 Å². The van der Waals surface area contributed by atoms with Crippen molar-refractivity contribution >= 4 is 26.1 Å². The van der Waals surface area contributed by atoms with Gasteiger partial charge in [0.05, 0.1) is 19.8 Å². The third-order valence-corrected chi connectivity index (χ3v) is 3.25. The Bertz CT molecular complexity index is 258. The molecule has 5 heteroatoms. The third kappa shape index (κ3) is 9.84. The Morgan fingerprint density at radius 1 is 0.889 bits per heavy atom. The fraction of sp³-hybridized carbons (Fsp3) is 0.538. The first-order valence-electron chi connectivity index (χ1n) is 5.97. The van der Waals surface area contributed by atoms with Crippen LogP contribution in [0.15, 0.2) is 24.3 Å². The molecule has 1 aromatic rings. The van der Waals surface area contributed by atoms with Gasteiger partial charge in [0.1, 0.15) is 0 Å². The summed E-state index contributed by atoms with van der Waals surface area (Å²) in [6.45, 7) is 3.86. The second kappa shape index (κ2) is 11.9. The predicted molar refractivity (Wildman–Crippen MR) is 74.3 cm³/mol. The average Bonchev–Trinajstić information content (AvgIpc) is 2.35. The number of aryl methyl sites for hydroxylation is 1. The molecule has 0 heterocycles. The van der Waals surface area contributed by atoms with Gasteiger partial charge in [0, 0.05) is 19.6 Å². The van der Waals surface area contributed by atoms with E-state index in [0.29, 0.717) is 19.6 Å². The van der Waals surface area contributed by atoms with Crippen molar-refractivity contribution in [3.05, 3.63) is 29.8 Å². The van der Waals surface area contributed by atoms with E-state index < -0.39 is 0 Å². The van der Waals surface area contributed by atoms with Gasteiger partial charge in [-0.3, -0.25) is 4.90 Å². The van der Waals surface area contributed by atoms with Crippen molar-refractivity contribution in [2.24, 2.45) is 0 Å². The van der Waals surface area contributed by atoms with Crippen LogP contribution in [0, 0.1) is 6.92 Å². The van der Waals surface area contributed by atoms with Crippen molar-refractivity contribution in [3.63, 3.8) is 0 Å². The van der Waals surface area contributed by atoms with Crippen LogP contribution in [-0.2, 0) is 0 Å². The first-order chi connectivity index (χ1) is 8.63. The molecular formula is C13H22NO3Sn. The maximum absolute atomic E-state index is 8.48. The van der Waals surface area contributed by atoms with Gasteiger partial charge in [-0.1, -0.05) is 0 Å². The molecule has 4 nitrogen and oxygen atoms in total. The van der Waals surface area contributed by atoms with E-state index in [1.807, 2.05) is 0 Å². The second-order valence-electron chi connectivity index (χ2n) is 3.88. The molecule has 3 radical (unpaired) electrons. The normalized spacial score (nSPS) is 10.1. The Balaban J connectivity index is 0.000000327. The SMILES string of the molecule is Cc1cc[c]([Sn])cc1.OCCN(CCO)CCO. The minimum atomic E-state index is 0.0694. The average molecular weight is 359 g/mol. The van der Waals surface area contributed by atoms with Crippen LogP contribution in [0.2, 0.25) is 0 Å². The summed E-state index contributed by atoms with van der Waals surface area (Å²) in [7, 11) is 0. The molecule has 18 heavy (non-hydrogen) atoms. The van der Waals surface area contributed by atoms with E-state index in [1.54, 1.807) is 4.90 Å². The van der Waals surface area contributed by atoms with Crippen molar-refractivity contribution in [1.29, 1.82) is 0 Å². The van der Waals surface area contributed by atoms with Crippen molar-refractivity contribution in [1.82, 2.24) is 4.90 Å². The quantitative estimate of drug-likeness (QED) is 0.574. The van der Waals surface area contributed by atoms with Gasteiger partial charge in [0.2, 0.25) is 0 Å². The van der Waals surface area contributed by atoms with Crippen LogP contribution < -0.4 is 3.58 Å². The molecule has 0 aliphatic carbocycles. The van der Waals surface area contributed by atoms with E-state index in [1.165, 1.54) is 31.7 Å². The van der Waals surface area contributed by atoms with Crippen molar-refractivity contribution in [2.45, 2.75) is 6.92 Å². The summed E-state index contributed by atoms with van der Waals surface area (Å²) >= 11 is 1.50.